The lowest BCUT2D eigenvalue weighted by Crippen LogP contribution is -2.47. The van der Waals surface area contributed by atoms with Crippen molar-refractivity contribution >= 4 is 11.8 Å². The maximum atomic E-state index is 13.7. The van der Waals surface area contributed by atoms with Crippen LogP contribution in [0.5, 0.6) is 0 Å². The van der Waals surface area contributed by atoms with E-state index in [-0.39, 0.29) is 23.1 Å². The molecular weight excluding hydrogens is 325 g/mol. The first-order valence-corrected chi connectivity index (χ1v) is 8.08. The first-order valence-electron chi connectivity index (χ1n) is 8.08. The number of piperidine rings is 1. The SMILES string of the molecule is O=C(NC1CCN(C(=O)c2ccccc2F)CC1)c1ccc[nH]c1=O. The Morgan fingerprint density at radius 3 is 2.44 bits per heavy atom. The minimum absolute atomic E-state index is 0.0563. The number of nitrogens with zero attached hydrogens (tertiary/aromatic N) is 1. The first-order chi connectivity index (χ1) is 12.1. The summed E-state index contributed by atoms with van der Waals surface area (Å²) in [5.41, 5.74) is -0.319. The van der Waals surface area contributed by atoms with Gasteiger partial charge in [-0.05, 0) is 37.1 Å². The Kier molecular flexibility index (Phi) is 4.92. The van der Waals surface area contributed by atoms with Gasteiger partial charge in [-0.25, -0.2) is 4.39 Å². The van der Waals surface area contributed by atoms with Gasteiger partial charge in [0.25, 0.3) is 17.4 Å². The second-order valence-electron chi connectivity index (χ2n) is 5.93. The zero-order valence-corrected chi connectivity index (χ0v) is 13.5. The summed E-state index contributed by atoms with van der Waals surface area (Å²) in [6.45, 7) is 0.840. The van der Waals surface area contributed by atoms with Crippen LogP contribution < -0.4 is 10.9 Å². The second-order valence-corrected chi connectivity index (χ2v) is 5.93. The molecule has 25 heavy (non-hydrogen) atoms. The highest BCUT2D eigenvalue weighted by Crippen LogP contribution is 2.16. The van der Waals surface area contributed by atoms with E-state index in [1.54, 1.807) is 23.1 Å². The maximum absolute atomic E-state index is 13.7. The quantitative estimate of drug-likeness (QED) is 0.887. The third kappa shape index (κ3) is 3.76. The zero-order chi connectivity index (χ0) is 17.8. The number of amides is 2. The van der Waals surface area contributed by atoms with Crippen LogP contribution in [0.25, 0.3) is 0 Å². The summed E-state index contributed by atoms with van der Waals surface area (Å²) in [6.07, 6.45) is 2.57. The number of hydrogen-bond acceptors (Lipinski definition) is 3. The van der Waals surface area contributed by atoms with Gasteiger partial charge in [-0.3, -0.25) is 14.4 Å². The number of likely N-dealkylation sites (tertiary alicyclic amines) is 1. The predicted molar refractivity (Wildman–Crippen MR) is 89.9 cm³/mol. The molecule has 2 amide bonds. The van der Waals surface area contributed by atoms with E-state index in [4.69, 9.17) is 0 Å². The molecule has 0 unspecified atom stereocenters. The molecule has 0 bridgehead atoms. The first kappa shape index (κ1) is 16.9. The van der Waals surface area contributed by atoms with Crippen molar-refractivity contribution in [2.24, 2.45) is 0 Å². The minimum Gasteiger partial charge on any atom is -0.349 e. The van der Waals surface area contributed by atoms with Gasteiger partial charge >= 0.3 is 0 Å². The van der Waals surface area contributed by atoms with Gasteiger partial charge in [0, 0.05) is 25.3 Å². The molecule has 1 aromatic heterocycles. The lowest BCUT2D eigenvalue weighted by molar-refractivity contribution is 0.0693. The van der Waals surface area contributed by atoms with Gasteiger partial charge in [-0.2, -0.15) is 0 Å². The Morgan fingerprint density at radius 1 is 1.08 bits per heavy atom. The van der Waals surface area contributed by atoms with Crippen molar-refractivity contribution in [3.05, 3.63) is 69.9 Å². The zero-order valence-electron chi connectivity index (χ0n) is 13.5. The molecule has 1 saturated heterocycles. The van der Waals surface area contributed by atoms with Gasteiger partial charge in [-0.15, -0.1) is 0 Å². The highest BCUT2D eigenvalue weighted by molar-refractivity contribution is 5.95. The summed E-state index contributed by atoms with van der Waals surface area (Å²) in [5, 5.41) is 2.82. The van der Waals surface area contributed by atoms with Gasteiger partial charge in [0.05, 0.1) is 5.56 Å². The van der Waals surface area contributed by atoms with Crippen molar-refractivity contribution < 1.29 is 14.0 Å². The molecule has 2 N–H and O–H groups in total. The van der Waals surface area contributed by atoms with Crippen molar-refractivity contribution in [1.82, 2.24) is 15.2 Å². The lowest BCUT2D eigenvalue weighted by atomic mass is 10.0. The van der Waals surface area contributed by atoms with E-state index in [0.717, 1.165) is 0 Å². The molecule has 1 aliphatic heterocycles. The Balaban J connectivity index is 1.58. The normalized spacial score (nSPS) is 15.0. The average Bonchev–Trinajstić information content (AvgIpc) is 2.62. The minimum atomic E-state index is -0.536. The number of halogens is 1. The smallest absolute Gasteiger partial charge is 0.260 e. The molecule has 0 atom stereocenters. The Bertz CT molecular complexity index is 841. The fraction of sp³-hybridized carbons (Fsp3) is 0.278. The highest BCUT2D eigenvalue weighted by Gasteiger charge is 2.26. The summed E-state index contributed by atoms with van der Waals surface area (Å²) < 4.78 is 13.7. The number of rotatable bonds is 3. The monoisotopic (exact) mass is 343 g/mol. The van der Waals surface area contributed by atoms with Crippen molar-refractivity contribution in [3.8, 4) is 0 Å². The number of carbonyl (C=O) groups excluding carboxylic acids is 2. The maximum Gasteiger partial charge on any atom is 0.260 e. The average molecular weight is 343 g/mol. The standard InChI is InChI=1S/C18H18FN3O3/c19-15-6-2-1-4-13(15)18(25)22-10-7-12(8-11-22)21-17(24)14-5-3-9-20-16(14)23/h1-6,9,12H,7-8,10-11H2,(H,20,23)(H,21,24). The molecule has 6 nitrogen and oxygen atoms in total. The number of nitrogens with one attached hydrogen (secondary N) is 2. The van der Waals surface area contributed by atoms with E-state index in [0.29, 0.717) is 25.9 Å². The summed E-state index contributed by atoms with van der Waals surface area (Å²) in [6, 6.07) is 8.82. The molecule has 0 aliphatic carbocycles. The molecule has 0 radical (unpaired) electrons. The molecule has 1 aliphatic rings. The predicted octanol–water partition coefficient (Wildman–Crippen LogP) is 1.55. The molecule has 0 spiro atoms. The lowest BCUT2D eigenvalue weighted by Gasteiger charge is -2.32. The number of H-pyrrole nitrogens is 1. The van der Waals surface area contributed by atoms with Gasteiger partial charge < -0.3 is 15.2 Å². The van der Waals surface area contributed by atoms with Crippen LogP contribution in [0.3, 0.4) is 0 Å². The topological polar surface area (TPSA) is 82.3 Å². The van der Waals surface area contributed by atoms with Gasteiger partial charge in [0.15, 0.2) is 0 Å². The molecule has 1 fully saturated rings. The van der Waals surface area contributed by atoms with Crippen LogP contribution in [0, 0.1) is 5.82 Å². The Hall–Kier alpha value is -2.96. The highest BCUT2D eigenvalue weighted by atomic mass is 19.1. The molecule has 0 saturated carbocycles. The van der Waals surface area contributed by atoms with E-state index in [1.807, 2.05) is 0 Å². The molecular formula is C18H18FN3O3. The van der Waals surface area contributed by atoms with E-state index in [2.05, 4.69) is 10.3 Å². The van der Waals surface area contributed by atoms with E-state index >= 15 is 0 Å². The van der Waals surface area contributed by atoms with Crippen molar-refractivity contribution in [3.63, 3.8) is 0 Å². The summed E-state index contributed by atoms with van der Waals surface area (Å²) in [4.78, 5) is 40.2. The number of aromatic amines is 1. The number of hydrogen-bond donors (Lipinski definition) is 2. The van der Waals surface area contributed by atoms with Crippen molar-refractivity contribution in [1.29, 1.82) is 0 Å². The fourth-order valence-corrected chi connectivity index (χ4v) is 2.90. The van der Waals surface area contributed by atoms with Crippen LogP contribution in [0.15, 0.2) is 47.4 Å². The Labute approximate surface area is 143 Å². The van der Waals surface area contributed by atoms with Crippen LogP contribution in [-0.2, 0) is 0 Å². The van der Waals surface area contributed by atoms with Crippen LogP contribution >= 0.6 is 0 Å². The van der Waals surface area contributed by atoms with Crippen LogP contribution in [0.4, 0.5) is 4.39 Å². The second kappa shape index (κ2) is 7.29. The Morgan fingerprint density at radius 2 is 1.76 bits per heavy atom. The number of benzene rings is 1. The largest absolute Gasteiger partial charge is 0.349 e. The summed E-state index contributed by atoms with van der Waals surface area (Å²) in [5.74, 6) is -1.31. The van der Waals surface area contributed by atoms with Crippen LogP contribution in [0.2, 0.25) is 0 Å². The fourth-order valence-electron chi connectivity index (χ4n) is 2.90. The molecule has 1 aromatic carbocycles. The van der Waals surface area contributed by atoms with Crippen molar-refractivity contribution in [2.45, 2.75) is 18.9 Å². The van der Waals surface area contributed by atoms with Crippen molar-refractivity contribution in [2.75, 3.05) is 13.1 Å². The molecule has 3 rings (SSSR count). The summed E-state index contributed by atoms with van der Waals surface area (Å²) in [7, 11) is 0. The number of aromatic nitrogens is 1. The van der Waals surface area contributed by atoms with Crippen LogP contribution in [-0.4, -0.2) is 40.8 Å². The third-order valence-electron chi connectivity index (χ3n) is 4.28. The van der Waals surface area contributed by atoms with Gasteiger partial charge in [-0.1, -0.05) is 12.1 Å². The van der Waals surface area contributed by atoms with E-state index < -0.39 is 17.3 Å². The summed E-state index contributed by atoms with van der Waals surface area (Å²) >= 11 is 0. The van der Waals surface area contributed by atoms with E-state index in [1.165, 1.54) is 24.4 Å². The molecule has 130 valence electrons. The molecule has 7 heteroatoms. The van der Waals surface area contributed by atoms with E-state index in [9.17, 15) is 18.8 Å². The van der Waals surface area contributed by atoms with Crippen LogP contribution in [0.1, 0.15) is 33.6 Å². The molecule has 2 aromatic rings. The number of pyridine rings is 1. The van der Waals surface area contributed by atoms with Gasteiger partial charge in [0.2, 0.25) is 0 Å². The number of carbonyl (C=O) groups is 2. The van der Waals surface area contributed by atoms with Gasteiger partial charge in [0.1, 0.15) is 11.4 Å². The third-order valence-corrected chi connectivity index (χ3v) is 4.28. The molecule has 2 heterocycles.